The van der Waals surface area contributed by atoms with E-state index in [2.05, 4.69) is 9.97 Å². The van der Waals surface area contributed by atoms with Gasteiger partial charge in [-0.1, -0.05) is 11.6 Å². The van der Waals surface area contributed by atoms with Gasteiger partial charge in [0.1, 0.15) is 6.61 Å². The first-order valence-corrected chi connectivity index (χ1v) is 6.75. The molecule has 3 aromatic rings. The molecule has 0 aliphatic rings. The van der Waals surface area contributed by atoms with Crippen molar-refractivity contribution in [3.8, 4) is 5.88 Å². The van der Waals surface area contributed by atoms with Gasteiger partial charge in [0, 0.05) is 24.3 Å². The van der Waals surface area contributed by atoms with E-state index in [9.17, 15) is 10.1 Å². The van der Waals surface area contributed by atoms with Gasteiger partial charge < -0.3 is 9.30 Å². The lowest BCUT2D eigenvalue weighted by Crippen LogP contribution is -2.02. The average molecular weight is 319 g/mol. The second-order valence-electron chi connectivity index (χ2n) is 4.66. The van der Waals surface area contributed by atoms with Crippen LogP contribution in [0, 0.1) is 10.1 Å². The van der Waals surface area contributed by atoms with Crippen molar-refractivity contribution in [2.45, 2.75) is 6.61 Å². The Morgan fingerprint density at radius 2 is 2.18 bits per heavy atom. The van der Waals surface area contributed by atoms with Crippen molar-refractivity contribution in [1.29, 1.82) is 0 Å². The number of halogens is 1. The number of nitro groups is 1. The molecule has 7 nitrogen and oxygen atoms in total. The van der Waals surface area contributed by atoms with E-state index < -0.39 is 4.92 Å². The molecule has 112 valence electrons. The van der Waals surface area contributed by atoms with E-state index in [1.54, 1.807) is 24.7 Å². The minimum atomic E-state index is -0.487. The Morgan fingerprint density at radius 3 is 2.95 bits per heavy atom. The first-order chi connectivity index (χ1) is 10.6. The number of pyridine rings is 1. The van der Waals surface area contributed by atoms with Crippen LogP contribution in [0.5, 0.6) is 5.88 Å². The van der Waals surface area contributed by atoms with Gasteiger partial charge in [-0.2, -0.15) is 0 Å². The summed E-state index contributed by atoms with van der Waals surface area (Å²) in [4.78, 5) is 18.9. The molecule has 2 heterocycles. The molecule has 3 rings (SSSR count). The Hall–Kier alpha value is -2.67. The number of ether oxygens (including phenoxy) is 1. The molecule has 0 spiro atoms. The SMILES string of the molecule is Cn1cnc2c(OCc3ccc(Cl)cc3[N+](=O)[O-])nccc21. The highest BCUT2D eigenvalue weighted by Gasteiger charge is 2.16. The quantitative estimate of drug-likeness (QED) is 0.545. The van der Waals surface area contributed by atoms with E-state index in [0.717, 1.165) is 5.52 Å². The van der Waals surface area contributed by atoms with Gasteiger partial charge in [-0.05, 0) is 18.2 Å². The summed E-state index contributed by atoms with van der Waals surface area (Å²) in [5.41, 5.74) is 1.82. The van der Waals surface area contributed by atoms with E-state index in [-0.39, 0.29) is 12.3 Å². The zero-order valence-electron chi connectivity index (χ0n) is 11.6. The molecule has 0 N–H and O–H groups in total. The van der Waals surface area contributed by atoms with Gasteiger partial charge in [-0.3, -0.25) is 10.1 Å². The lowest BCUT2D eigenvalue weighted by Gasteiger charge is -2.07. The number of aryl methyl sites for hydroxylation is 1. The number of benzene rings is 1. The third kappa shape index (κ3) is 2.58. The Balaban J connectivity index is 1.90. The lowest BCUT2D eigenvalue weighted by molar-refractivity contribution is -0.385. The fourth-order valence-corrected chi connectivity index (χ4v) is 2.28. The number of rotatable bonds is 4. The first kappa shape index (κ1) is 14.3. The predicted octanol–water partition coefficient (Wildman–Crippen LogP) is 3.11. The molecule has 0 fully saturated rings. The predicted molar refractivity (Wildman–Crippen MR) is 80.9 cm³/mol. The lowest BCUT2D eigenvalue weighted by atomic mass is 10.2. The zero-order chi connectivity index (χ0) is 15.7. The van der Waals surface area contributed by atoms with E-state index in [1.807, 2.05) is 17.7 Å². The second kappa shape index (κ2) is 5.61. The van der Waals surface area contributed by atoms with Gasteiger partial charge >= 0.3 is 0 Å². The van der Waals surface area contributed by atoms with E-state index in [1.165, 1.54) is 6.07 Å². The van der Waals surface area contributed by atoms with E-state index >= 15 is 0 Å². The standard InChI is InChI=1S/C14H11ClN4O3/c1-18-8-17-13-11(18)4-5-16-14(13)22-7-9-2-3-10(15)6-12(9)19(20)21/h2-6,8H,7H2,1H3. The molecule has 0 bridgehead atoms. The maximum atomic E-state index is 11.1. The number of aromatic nitrogens is 3. The maximum Gasteiger partial charge on any atom is 0.277 e. The van der Waals surface area contributed by atoms with Crippen molar-refractivity contribution in [3.05, 3.63) is 57.5 Å². The molecule has 1 aromatic carbocycles. The molecule has 0 saturated carbocycles. The van der Waals surface area contributed by atoms with Crippen molar-refractivity contribution >= 4 is 28.3 Å². The van der Waals surface area contributed by atoms with E-state index in [4.69, 9.17) is 16.3 Å². The Labute approximate surface area is 130 Å². The van der Waals surface area contributed by atoms with Crippen molar-refractivity contribution in [2.24, 2.45) is 7.05 Å². The van der Waals surface area contributed by atoms with Gasteiger partial charge in [0.15, 0.2) is 5.52 Å². The third-order valence-corrected chi connectivity index (χ3v) is 3.45. The molecule has 0 aliphatic carbocycles. The summed E-state index contributed by atoms with van der Waals surface area (Å²) in [6, 6.07) is 6.27. The van der Waals surface area contributed by atoms with Crippen LogP contribution in [0.15, 0.2) is 36.8 Å². The largest absolute Gasteiger partial charge is 0.471 e. The normalized spacial score (nSPS) is 10.8. The molecule has 0 radical (unpaired) electrons. The monoisotopic (exact) mass is 318 g/mol. The Kier molecular flexibility index (Phi) is 3.64. The molecule has 2 aromatic heterocycles. The van der Waals surface area contributed by atoms with Crippen LogP contribution in [0.2, 0.25) is 5.02 Å². The minimum absolute atomic E-state index is 0.0101. The Morgan fingerprint density at radius 1 is 1.36 bits per heavy atom. The molecular weight excluding hydrogens is 308 g/mol. The molecule has 8 heteroatoms. The average Bonchev–Trinajstić information content (AvgIpc) is 2.88. The van der Waals surface area contributed by atoms with Crippen molar-refractivity contribution in [2.75, 3.05) is 0 Å². The molecule has 0 atom stereocenters. The van der Waals surface area contributed by atoms with Gasteiger partial charge in [-0.25, -0.2) is 9.97 Å². The minimum Gasteiger partial charge on any atom is -0.471 e. The third-order valence-electron chi connectivity index (χ3n) is 3.22. The molecule has 0 amide bonds. The highest BCUT2D eigenvalue weighted by Crippen LogP contribution is 2.26. The summed E-state index contributed by atoms with van der Waals surface area (Å²) in [5, 5.41) is 11.4. The topological polar surface area (TPSA) is 83.1 Å². The van der Waals surface area contributed by atoms with Crippen LogP contribution < -0.4 is 4.74 Å². The van der Waals surface area contributed by atoms with Gasteiger partial charge in [-0.15, -0.1) is 0 Å². The van der Waals surface area contributed by atoms with Crippen LogP contribution in [0.3, 0.4) is 0 Å². The number of hydrogen-bond acceptors (Lipinski definition) is 5. The molecule has 0 unspecified atom stereocenters. The van der Waals surface area contributed by atoms with Crippen molar-refractivity contribution < 1.29 is 9.66 Å². The number of imidazole rings is 1. The fraction of sp³-hybridized carbons (Fsp3) is 0.143. The Bertz CT molecular complexity index is 862. The van der Waals surface area contributed by atoms with Crippen LogP contribution in [0.4, 0.5) is 5.69 Å². The van der Waals surface area contributed by atoms with Crippen LogP contribution in [-0.4, -0.2) is 19.5 Å². The van der Waals surface area contributed by atoms with E-state index in [0.29, 0.717) is 22.0 Å². The maximum absolute atomic E-state index is 11.1. The molecule has 0 aliphatic heterocycles. The second-order valence-corrected chi connectivity index (χ2v) is 5.09. The summed E-state index contributed by atoms with van der Waals surface area (Å²) in [6.45, 7) is 0.0101. The summed E-state index contributed by atoms with van der Waals surface area (Å²) in [6.07, 6.45) is 3.26. The van der Waals surface area contributed by atoms with Crippen LogP contribution in [-0.2, 0) is 13.7 Å². The van der Waals surface area contributed by atoms with Crippen molar-refractivity contribution in [3.63, 3.8) is 0 Å². The highest BCUT2D eigenvalue weighted by molar-refractivity contribution is 6.30. The van der Waals surface area contributed by atoms with Crippen LogP contribution in [0.1, 0.15) is 5.56 Å². The number of fused-ring (bicyclic) bond motifs is 1. The number of hydrogen-bond donors (Lipinski definition) is 0. The fourth-order valence-electron chi connectivity index (χ4n) is 2.12. The summed E-state index contributed by atoms with van der Waals surface area (Å²) in [5.74, 6) is 0.336. The number of nitro benzene ring substituents is 1. The van der Waals surface area contributed by atoms with Gasteiger partial charge in [0.2, 0.25) is 5.88 Å². The first-order valence-electron chi connectivity index (χ1n) is 6.38. The smallest absolute Gasteiger partial charge is 0.277 e. The molecule has 0 saturated heterocycles. The van der Waals surface area contributed by atoms with Gasteiger partial charge in [0.05, 0.1) is 22.3 Å². The zero-order valence-corrected chi connectivity index (χ0v) is 12.3. The summed E-state index contributed by atoms with van der Waals surface area (Å²) < 4.78 is 7.46. The molecule has 22 heavy (non-hydrogen) atoms. The van der Waals surface area contributed by atoms with Crippen LogP contribution in [0.25, 0.3) is 11.0 Å². The number of nitrogens with zero attached hydrogens (tertiary/aromatic N) is 4. The van der Waals surface area contributed by atoms with Gasteiger partial charge in [0.25, 0.3) is 5.69 Å². The van der Waals surface area contributed by atoms with Crippen LogP contribution >= 0.6 is 11.6 Å². The van der Waals surface area contributed by atoms with Crippen molar-refractivity contribution in [1.82, 2.24) is 14.5 Å². The highest BCUT2D eigenvalue weighted by atomic mass is 35.5. The summed E-state index contributed by atoms with van der Waals surface area (Å²) >= 11 is 5.79. The molecular formula is C14H11ClN4O3. The summed E-state index contributed by atoms with van der Waals surface area (Å²) in [7, 11) is 1.86.